The van der Waals surface area contributed by atoms with Crippen molar-refractivity contribution in [2.75, 3.05) is 19.8 Å². The monoisotopic (exact) mass is 241 g/mol. The first-order valence-electron chi connectivity index (χ1n) is 6.81. The lowest BCUT2D eigenvalue weighted by molar-refractivity contribution is -0.135. The van der Waals surface area contributed by atoms with E-state index in [1.165, 1.54) is 6.42 Å². The van der Waals surface area contributed by atoms with E-state index in [4.69, 9.17) is 4.74 Å². The summed E-state index contributed by atoms with van der Waals surface area (Å²) >= 11 is 0. The van der Waals surface area contributed by atoms with Gasteiger partial charge in [-0.25, -0.2) is 0 Å². The number of aliphatic hydroxyl groups is 1. The zero-order valence-corrected chi connectivity index (χ0v) is 10.4. The topological polar surface area (TPSA) is 58.6 Å². The van der Waals surface area contributed by atoms with Crippen molar-refractivity contribution in [1.82, 2.24) is 5.32 Å². The van der Waals surface area contributed by atoms with Crippen LogP contribution in [0.15, 0.2) is 0 Å². The summed E-state index contributed by atoms with van der Waals surface area (Å²) in [5.41, 5.74) is 0. The molecule has 3 unspecified atom stereocenters. The molecule has 2 rings (SSSR count). The van der Waals surface area contributed by atoms with Crippen molar-refractivity contribution >= 4 is 5.91 Å². The van der Waals surface area contributed by atoms with Gasteiger partial charge >= 0.3 is 0 Å². The van der Waals surface area contributed by atoms with Crippen molar-refractivity contribution in [1.29, 1.82) is 0 Å². The molecule has 4 nitrogen and oxygen atoms in total. The molecule has 0 bridgehead atoms. The van der Waals surface area contributed by atoms with Crippen molar-refractivity contribution in [2.24, 2.45) is 11.8 Å². The summed E-state index contributed by atoms with van der Waals surface area (Å²) in [5, 5.41) is 12.2. The van der Waals surface area contributed by atoms with E-state index in [0.29, 0.717) is 25.0 Å². The molecule has 1 aliphatic carbocycles. The number of rotatable bonds is 4. The molecule has 17 heavy (non-hydrogen) atoms. The Morgan fingerprint density at radius 1 is 1.18 bits per heavy atom. The fourth-order valence-electron chi connectivity index (χ4n) is 2.92. The second-order valence-electron chi connectivity index (χ2n) is 5.23. The highest BCUT2D eigenvalue weighted by atomic mass is 16.5. The van der Waals surface area contributed by atoms with Crippen LogP contribution >= 0.6 is 0 Å². The lowest BCUT2D eigenvalue weighted by Crippen LogP contribution is -2.41. The van der Waals surface area contributed by atoms with Crippen LogP contribution < -0.4 is 5.32 Å². The van der Waals surface area contributed by atoms with E-state index in [2.05, 4.69) is 5.32 Å². The average molecular weight is 241 g/mol. The average Bonchev–Trinajstić information content (AvgIpc) is 2.84. The molecule has 2 fully saturated rings. The molecule has 1 aliphatic heterocycles. The summed E-state index contributed by atoms with van der Waals surface area (Å²) < 4.78 is 5.45. The van der Waals surface area contributed by atoms with Gasteiger partial charge in [0.1, 0.15) is 6.10 Å². The van der Waals surface area contributed by atoms with Crippen LogP contribution in [0, 0.1) is 11.8 Å². The lowest BCUT2D eigenvalue weighted by atomic mass is 9.97. The molecular formula is C13H23NO3. The number of amides is 1. The van der Waals surface area contributed by atoms with Crippen LogP contribution in [0.4, 0.5) is 0 Å². The van der Waals surface area contributed by atoms with Gasteiger partial charge in [-0.2, -0.15) is 0 Å². The third-order valence-corrected chi connectivity index (χ3v) is 4.06. The summed E-state index contributed by atoms with van der Waals surface area (Å²) in [7, 11) is 0. The van der Waals surface area contributed by atoms with Crippen molar-refractivity contribution in [3.05, 3.63) is 0 Å². The predicted molar refractivity (Wildman–Crippen MR) is 64.5 cm³/mol. The van der Waals surface area contributed by atoms with E-state index in [9.17, 15) is 9.90 Å². The Morgan fingerprint density at radius 3 is 2.71 bits per heavy atom. The van der Waals surface area contributed by atoms with E-state index in [1.54, 1.807) is 0 Å². The predicted octanol–water partition coefficient (Wildman–Crippen LogP) is 1.08. The molecular weight excluding hydrogens is 218 g/mol. The van der Waals surface area contributed by atoms with E-state index in [-0.39, 0.29) is 18.6 Å². The first-order valence-corrected chi connectivity index (χ1v) is 6.81. The summed E-state index contributed by atoms with van der Waals surface area (Å²) in [6, 6.07) is 0. The van der Waals surface area contributed by atoms with Crippen molar-refractivity contribution in [3.63, 3.8) is 0 Å². The molecule has 1 saturated heterocycles. The molecule has 1 heterocycles. The zero-order chi connectivity index (χ0) is 12.1. The largest absolute Gasteiger partial charge is 0.396 e. The van der Waals surface area contributed by atoms with Crippen LogP contribution in [-0.2, 0) is 9.53 Å². The Labute approximate surface area is 103 Å². The maximum atomic E-state index is 11.9. The third-order valence-electron chi connectivity index (χ3n) is 4.06. The highest BCUT2D eigenvalue weighted by Gasteiger charge is 2.28. The molecule has 4 heteroatoms. The Kier molecular flexibility index (Phi) is 4.80. The van der Waals surface area contributed by atoms with Gasteiger partial charge < -0.3 is 15.2 Å². The molecule has 0 aromatic heterocycles. The van der Waals surface area contributed by atoms with E-state index >= 15 is 0 Å². The Bertz CT molecular complexity index is 251. The van der Waals surface area contributed by atoms with Crippen LogP contribution in [0.5, 0.6) is 0 Å². The number of carbonyl (C=O) groups is 1. The number of carbonyl (C=O) groups excluding carboxylic acids is 1. The summed E-state index contributed by atoms with van der Waals surface area (Å²) in [5.74, 6) is 0.864. The molecule has 0 aromatic carbocycles. The van der Waals surface area contributed by atoms with E-state index in [0.717, 1.165) is 32.1 Å². The molecule has 1 saturated carbocycles. The van der Waals surface area contributed by atoms with Gasteiger partial charge in [-0.3, -0.25) is 4.79 Å². The maximum Gasteiger partial charge on any atom is 0.249 e. The van der Waals surface area contributed by atoms with Crippen molar-refractivity contribution < 1.29 is 14.6 Å². The first kappa shape index (κ1) is 12.8. The second kappa shape index (κ2) is 6.36. The normalized spacial score (nSPS) is 33.6. The standard InChI is InChI=1S/C13H23NO3/c15-9-11-5-3-4-10(11)8-14-13(16)12-6-1-2-7-17-12/h10-12,15H,1-9H2,(H,14,16). The smallest absolute Gasteiger partial charge is 0.249 e. The van der Waals surface area contributed by atoms with Gasteiger partial charge in [-0.05, 0) is 43.9 Å². The number of hydrogen-bond donors (Lipinski definition) is 2. The fraction of sp³-hybridized carbons (Fsp3) is 0.923. The van der Waals surface area contributed by atoms with Gasteiger partial charge in [0.15, 0.2) is 0 Å². The van der Waals surface area contributed by atoms with Gasteiger partial charge in [-0.15, -0.1) is 0 Å². The minimum atomic E-state index is -0.238. The molecule has 0 radical (unpaired) electrons. The molecule has 1 amide bonds. The summed E-state index contributed by atoms with van der Waals surface area (Å²) in [6.07, 6.45) is 6.15. The summed E-state index contributed by atoms with van der Waals surface area (Å²) in [6.45, 7) is 1.66. The quantitative estimate of drug-likeness (QED) is 0.774. The van der Waals surface area contributed by atoms with Crippen molar-refractivity contribution in [2.45, 2.75) is 44.6 Å². The van der Waals surface area contributed by atoms with E-state index < -0.39 is 0 Å². The SMILES string of the molecule is O=C(NCC1CCCC1CO)C1CCCCO1. The van der Waals surface area contributed by atoms with E-state index in [1.807, 2.05) is 0 Å². The van der Waals surface area contributed by atoms with Crippen LogP contribution in [0.25, 0.3) is 0 Å². The van der Waals surface area contributed by atoms with Crippen LogP contribution in [0.2, 0.25) is 0 Å². The number of aliphatic hydroxyl groups excluding tert-OH is 1. The van der Waals surface area contributed by atoms with Crippen molar-refractivity contribution in [3.8, 4) is 0 Å². The Balaban J connectivity index is 1.71. The second-order valence-corrected chi connectivity index (χ2v) is 5.23. The fourth-order valence-corrected chi connectivity index (χ4v) is 2.92. The van der Waals surface area contributed by atoms with Crippen LogP contribution in [0.3, 0.4) is 0 Å². The van der Waals surface area contributed by atoms with Gasteiger partial charge in [0.2, 0.25) is 5.91 Å². The molecule has 98 valence electrons. The van der Waals surface area contributed by atoms with Crippen LogP contribution in [-0.4, -0.2) is 36.9 Å². The van der Waals surface area contributed by atoms with Gasteiger partial charge in [0.25, 0.3) is 0 Å². The number of nitrogens with one attached hydrogen (secondary N) is 1. The molecule has 3 atom stereocenters. The third kappa shape index (κ3) is 3.42. The number of ether oxygens (including phenoxy) is 1. The molecule has 0 aromatic rings. The van der Waals surface area contributed by atoms with Crippen LogP contribution in [0.1, 0.15) is 38.5 Å². The Morgan fingerprint density at radius 2 is 2.00 bits per heavy atom. The summed E-state index contributed by atoms with van der Waals surface area (Å²) in [4.78, 5) is 11.9. The number of hydrogen-bond acceptors (Lipinski definition) is 3. The lowest BCUT2D eigenvalue weighted by Gasteiger charge is -2.23. The van der Waals surface area contributed by atoms with Gasteiger partial charge in [0.05, 0.1) is 0 Å². The Hall–Kier alpha value is -0.610. The maximum absolute atomic E-state index is 11.9. The van der Waals surface area contributed by atoms with Gasteiger partial charge in [0, 0.05) is 19.8 Å². The highest BCUT2D eigenvalue weighted by Crippen LogP contribution is 2.30. The zero-order valence-electron chi connectivity index (χ0n) is 10.4. The van der Waals surface area contributed by atoms with Gasteiger partial charge in [-0.1, -0.05) is 6.42 Å². The highest BCUT2D eigenvalue weighted by molar-refractivity contribution is 5.80. The molecule has 0 spiro atoms. The molecule has 2 aliphatic rings. The minimum Gasteiger partial charge on any atom is -0.396 e. The molecule has 2 N–H and O–H groups in total. The first-order chi connectivity index (χ1) is 8.31. The minimum absolute atomic E-state index is 0.0355.